The Morgan fingerprint density at radius 3 is 2.28 bits per heavy atom. The maximum absolute atomic E-state index is 11.3. The molecule has 0 heterocycles. The van der Waals surface area contributed by atoms with E-state index in [4.69, 9.17) is 0 Å². The van der Waals surface area contributed by atoms with Crippen molar-refractivity contribution in [1.82, 2.24) is 0 Å². The summed E-state index contributed by atoms with van der Waals surface area (Å²) in [5.41, 5.74) is 1.35. The van der Waals surface area contributed by atoms with Gasteiger partial charge < -0.3 is 15.0 Å². The molecule has 0 spiro atoms. The third-order valence-corrected chi connectivity index (χ3v) is 5.00. The topological polar surface area (TPSA) is 60.4 Å². The first-order chi connectivity index (χ1) is 11.2. The zero-order valence-electron chi connectivity index (χ0n) is 16.9. The molecule has 0 amide bonds. The number of carbonyl (C=O) groups excluding carboxylic acids is 1. The molecule has 1 aromatic rings. The third kappa shape index (κ3) is 7.72. The predicted octanol–water partition coefficient (Wildman–Crippen LogP) is 1.60. The van der Waals surface area contributed by atoms with Crippen molar-refractivity contribution in [2.75, 3.05) is 0 Å². The molecule has 3 nitrogen and oxygen atoms in total. The zero-order valence-corrected chi connectivity index (χ0v) is 18.9. The van der Waals surface area contributed by atoms with Crippen molar-refractivity contribution >= 4 is 5.97 Å². The standard InChI is InChI=1S/C21H34O3.Na/c1-6-21(4,5)18-14-16(13-17(19(18)22)20(23)24)12-10-8-7-9-11-15(2)3;/h13-15,22H,6-12H2,1-5H3,(H,23,24);/q;+1/p-1. The van der Waals surface area contributed by atoms with E-state index >= 15 is 0 Å². The van der Waals surface area contributed by atoms with E-state index in [1.54, 1.807) is 6.07 Å². The van der Waals surface area contributed by atoms with E-state index in [9.17, 15) is 15.0 Å². The normalized spacial score (nSPS) is 11.4. The first-order valence-electron chi connectivity index (χ1n) is 9.26. The number of carboxylic acids is 1. The van der Waals surface area contributed by atoms with Gasteiger partial charge in [-0.1, -0.05) is 66.4 Å². The molecule has 136 valence electrons. The number of rotatable bonds is 10. The Bertz CT molecular complexity index is 550. The van der Waals surface area contributed by atoms with Crippen molar-refractivity contribution in [2.45, 2.75) is 85.0 Å². The number of carboxylic acid groups (broad SMARTS) is 1. The van der Waals surface area contributed by atoms with Gasteiger partial charge in [-0.3, -0.25) is 0 Å². The fourth-order valence-electron chi connectivity index (χ4n) is 2.94. The fraction of sp³-hybridized carbons (Fsp3) is 0.667. The molecule has 1 rings (SSSR count). The summed E-state index contributed by atoms with van der Waals surface area (Å²) in [7, 11) is 0. The molecule has 0 bridgehead atoms. The molecule has 0 aliphatic carbocycles. The van der Waals surface area contributed by atoms with Crippen LogP contribution >= 0.6 is 0 Å². The minimum atomic E-state index is -1.31. The molecule has 0 radical (unpaired) electrons. The Hall–Kier alpha value is -0.510. The van der Waals surface area contributed by atoms with E-state index in [-0.39, 0.29) is 46.3 Å². The number of hydrogen-bond acceptors (Lipinski definition) is 3. The van der Waals surface area contributed by atoms with Gasteiger partial charge in [0.2, 0.25) is 0 Å². The minimum absolute atomic E-state index is 0. The molecule has 0 saturated carbocycles. The van der Waals surface area contributed by atoms with Crippen LogP contribution in [0.2, 0.25) is 0 Å². The van der Waals surface area contributed by atoms with E-state index in [0.29, 0.717) is 5.56 Å². The van der Waals surface area contributed by atoms with Gasteiger partial charge in [0.05, 0.1) is 5.97 Å². The molecule has 0 atom stereocenters. The van der Waals surface area contributed by atoms with Gasteiger partial charge >= 0.3 is 29.6 Å². The molecule has 0 aromatic heterocycles. The van der Waals surface area contributed by atoms with Gasteiger partial charge in [0.15, 0.2) is 0 Å². The van der Waals surface area contributed by atoms with Crippen LogP contribution in [-0.2, 0) is 11.8 Å². The number of unbranched alkanes of at least 4 members (excludes halogenated alkanes) is 3. The second-order valence-corrected chi connectivity index (χ2v) is 7.91. The van der Waals surface area contributed by atoms with E-state index in [0.717, 1.165) is 37.2 Å². The van der Waals surface area contributed by atoms with Gasteiger partial charge in [0.1, 0.15) is 5.75 Å². The average Bonchev–Trinajstić information content (AvgIpc) is 2.51. The number of aromatic carboxylic acids is 1. The van der Waals surface area contributed by atoms with Crippen molar-refractivity contribution in [2.24, 2.45) is 5.92 Å². The predicted molar refractivity (Wildman–Crippen MR) is 97.4 cm³/mol. The monoisotopic (exact) mass is 356 g/mol. The molecule has 0 saturated heterocycles. The second-order valence-electron chi connectivity index (χ2n) is 7.91. The van der Waals surface area contributed by atoms with Gasteiger partial charge in [-0.15, -0.1) is 0 Å². The number of carbonyl (C=O) groups is 1. The molecule has 4 heteroatoms. The SMILES string of the molecule is CCC(C)(C)c1cc(CCCCCCC(C)C)cc(C(=O)[O-])c1O.[Na+]. The summed E-state index contributed by atoms with van der Waals surface area (Å²) < 4.78 is 0. The third-order valence-electron chi connectivity index (χ3n) is 5.00. The largest absolute Gasteiger partial charge is 1.00 e. The molecule has 0 fully saturated rings. The first kappa shape index (κ1) is 24.5. The quantitative estimate of drug-likeness (QED) is 0.512. The Labute approximate surface area is 175 Å². The maximum atomic E-state index is 11.3. The van der Waals surface area contributed by atoms with Crippen LogP contribution < -0.4 is 34.7 Å². The zero-order chi connectivity index (χ0) is 18.3. The van der Waals surface area contributed by atoms with Crippen molar-refractivity contribution in [1.29, 1.82) is 0 Å². The number of aromatic hydroxyl groups is 1. The maximum Gasteiger partial charge on any atom is 1.00 e. The second kappa shape index (κ2) is 11.3. The molecular formula is C21H33NaO3. The molecule has 0 unspecified atom stereocenters. The smallest absolute Gasteiger partial charge is 0.545 e. The van der Waals surface area contributed by atoms with E-state index in [1.807, 2.05) is 26.8 Å². The van der Waals surface area contributed by atoms with Crippen LogP contribution in [0.15, 0.2) is 12.1 Å². The number of aryl methyl sites for hydroxylation is 1. The molecular weight excluding hydrogens is 323 g/mol. The Morgan fingerprint density at radius 2 is 1.76 bits per heavy atom. The summed E-state index contributed by atoms with van der Waals surface area (Å²) in [5, 5.41) is 21.7. The van der Waals surface area contributed by atoms with Crippen LogP contribution in [0.3, 0.4) is 0 Å². The van der Waals surface area contributed by atoms with Crippen LogP contribution in [0.1, 0.15) is 94.6 Å². The Balaban J connectivity index is 0.00000576. The minimum Gasteiger partial charge on any atom is -0.545 e. The molecule has 0 aliphatic rings. The average molecular weight is 356 g/mol. The molecule has 25 heavy (non-hydrogen) atoms. The summed E-state index contributed by atoms with van der Waals surface area (Å²) in [4.78, 5) is 11.3. The number of hydrogen-bond donors (Lipinski definition) is 1. The number of phenols is 1. The van der Waals surface area contributed by atoms with Crippen molar-refractivity contribution < 1.29 is 44.6 Å². The Kier molecular flexibility index (Phi) is 11.0. The summed E-state index contributed by atoms with van der Waals surface area (Å²) in [5.74, 6) is -0.687. The molecule has 1 aromatic carbocycles. The summed E-state index contributed by atoms with van der Waals surface area (Å²) >= 11 is 0. The van der Waals surface area contributed by atoms with Gasteiger partial charge in [-0.05, 0) is 42.2 Å². The van der Waals surface area contributed by atoms with Gasteiger partial charge in [-0.25, -0.2) is 0 Å². The summed E-state index contributed by atoms with van der Waals surface area (Å²) in [6.07, 6.45) is 7.61. The summed E-state index contributed by atoms with van der Waals surface area (Å²) in [6, 6.07) is 3.55. The molecule has 0 aliphatic heterocycles. The van der Waals surface area contributed by atoms with Crippen LogP contribution in [0.4, 0.5) is 0 Å². The summed E-state index contributed by atoms with van der Waals surface area (Å²) in [6.45, 7) is 10.6. The first-order valence-corrected chi connectivity index (χ1v) is 9.26. The van der Waals surface area contributed by atoms with Crippen molar-refractivity contribution in [3.8, 4) is 5.75 Å². The van der Waals surface area contributed by atoms with E-state index < -0.39 is 5.97 Å². The van der Waals surface area contributed by atoms with Crippen LogP contribution in [-0.4, -0.2) is 11.1 Å². The van der Waals surface area contributed by atoms with Crippen molar-refractivity contribution in [3.63, 3.8) is 0 Å². The van der Waals surface area contributed by atoms with Gasteiger partial charge in [0.25, 0.3) is 0 Å². The van der Waals surface area contributed by atoms with Gasteiger partial charge in [-0.2, -0.15) is 0 Å². The van der Waals surface area contributed by atoms with Crippen LogP contribution in [0, 0.1) is 5.92 Å². The molecule has 1 N–H and O–H groups in total. The van der Waals surface area contributed by atoms with Crippen LogP contribution in [0.25, 0.3) is 0 Å². The van der Waals surface area contributed by atoms with E-state index in [2.05, 4.69) is 13.8 Å². The van der Waals surface area contributed by atoms with E-state index in [1.165, 1.54) is 19.3 Å². The fourth-order valence-corrected chi connectivity index (χ4v) is 2.94. The van der Waals surface area contributed by atoms with Gasteiger partial charge in [0, 0.05) is 11.1 Å². The Morgan fingerprint density at radius 1 is 1.16 bits per heavy atom. The van der Waals surface area contributed by atoms with Crippen molar-refractivity contribution in [3.05, 3.63) is 28.8 Å². The number of benzene rings is 1. The van der Waals surface area contributed by atoms with Crippen LogP contribution in [0.5, 0.6) is 5.75 Å².